The van der Waals surface area contributed by atoms with Crippen LogP contribution in [-0.2, 0) is 23.7 Å². The van der Waals surface area contributed by atoms with E-state index >= 15 is 0 Å². The highest BCUT2D eigenvalue weighted by Crippen LogP contribution is 2.71. The number of aliphatic hydroxyl groups is 9. The summed E-state index contributed by atoms with van der Waals surface area (Å²) in [5.74, 6) is 0.0102. The van der Waals surface area contributed by atoms with Gasteiger partial charge in [0.05, 0.1) is 38.1 Å². The van der Waals surface area contributed by atoms with Crippen molar-refractivity contribution in [3.05, 3.63) is 12.2 Å². The van der Waals surface area contributed by atoms with Crippen LogP contribution < -0.4 is 0 Å². The quantitative estimate of drug-likeness (QED) is 0.141. The van der Waals surface area contributed by atoms with Crippen LogP contribution in [0.3, 0.4) is 0 Å². The monoisotopic (exact) mass is 742 g/mol. The summed E-state index contributed by atoms with van der Waals surface area (Å²) in [6, 6.07) is 0. The Morgan fingerprint density at radius 1 is 0.865 bits per heavy atom. The maximum atomic E-state index is 11.9. The third-order valence-corrected chi connectivity index (χ3v) is 15.3. The Morgan fingerprint density at radius 3 is 2.33 bits per heavy atom. The summed E-state index contributed by atoms with van der Waals surface area (Å²) in [5.41, 5.74) is 0.311. The van der Waals surface area contributed by atoms with E-state index in [2.05, 4.69) is 27.4 Å². The maximum absolute atomic E-state index is 11.9. The highest BCUT2D eigenvalue weighted by molar-refractivity contribution is 5.16. The maximum Gasteiger partial charge on any atom is 0.187 e. The average molecular weight is 743 g/mol. The smallest absolute Gasteiger partial charge is 0.187 e. The molecule has 7 aliphatic rings. The van der Waals surface area contributed by atoms with Crippen LogP contribution >= 0.6 is 0 Å². The van der Waals surface area contributed by atoms with Gasteiger partial charge in [-0.2, -0.15) is 0 Å². The SMILES string of the molecule is C=C(CCC1(O)OC2CC3C4CCC5CC(O)CC(OC6OCC(O)C(O)C6O)C5(C)C4CCC3(C)C2C1C)COC1OC(CO)C(O)C(O)C1O. The van der Waals surface area contributed by atoms with E-state index in [1.807, 2.05) is 0 Å². The molecule has 0 radical (unpaired) electrons. The van der Waals surface area contributed by atoms with Crippen LogP contribution in [0.5, 0.6) is 0 Å². The second-order valence-electron chi connectivity index (χ2n) is 17.9. The van der Waals surface area contributed by atoms with E-state index in [0.717, 1.165) is 32.1 Å². The topological polar surface area (TPSA) is 228 Å². The molecule has 0 aromatic heterocycles. The predicted octanol–water partition coefficient (Wildman–Crippen LogP) is -0.0734. The molecule has 14 nitrogen and oxygen atoms in total. The molecule has 4 saturated carbocycles. The van der Waals surface area contributed by atoms with Gasteiger partial charge in [-0.3, -0.25) is 0 Å². The van der Waals surface area contributed by atoms with Crippen LogP contribution in [0.4, 0.5) is 0 Å². The molecule has 21 atom stereocenters. The standard InChI is InChI=1S/C38H62O14/c1-17(15-48-34-33(46)31(44)30(43)26(14-39)50-34)7-10-38(47)18(2)28-25(52-38)13-23-21-6-5-19-11-20(40)12-27(37(19,4)22(21)8-9-36(23,28)3)51-35-32(45)29(42)24(41)16-49-35/h18-35,39-47H,1,5-16H2,2-4H3. The molecule has 4 aliphatic carbocycles. The van der Waals surface area contributed by atoms with Gasteiger partial charge in [-0.15, -0.1) is 0 Å². The summed E-state index contributed by atoms with van der Waals surface area (Å²) in [6.45, 7) is 10.1. The molecule has 0 spiro atoms. The Labute approximate surface area is 305 Å². The van der Waals surface area contributed by atoms with Gasteiger partial charge in [0.25, 0.3) is 0 Å². The Hall–Kier alpha value is -0.820. The predicted molar refractivity (Wildman–Crippen MR) is 182 cm³/mol. The molecule has 52 heavy (non-hydrogen) atoms. The van der Waals surface area contributed by atoms with Gasteiger partial charge in [-0.05, 0) is 85.4 Å². The Morgan fingerprint density at radius 2 is 1.60 bits per heavy atom. The Bertz CT molecular complexity index is 1290. The summed E-state index contributed by atoms with van der Waals surface area (Å²) in [7, 11) is 0. The first-order valence-corrected chi connectivity index (χ1v) is 19.5. The number of hydrogen-bond acceptors (Lipinski definition) is 14. The van der Waals surface area contributed by atoms with Gasteiger partial charge in [0.1, 0.15) is 42.7 Å². The molecule has 0 aromatic carbocycles. The first-order chi connectivity index (χ1) is 24.5. The molecule has 3 heterocycles. The zero-order valence-corrected chi connectivity index (χ0v) is 30.7. The second-order valence-corrected chi connectivity index (χ2v) is 17.9. The molecule has 298 valence electrons. The van der Waals surface area contributed by atoms with E-state index in [4.69, 9.17) is 23.7 Å². The van der Waals surface area contributed by atoms with Crippen molar-refractivity contribution in [3.63, 3.8) is 0 Å². The number of hydrogen-bond donors (Lipinski definition) is 9. The molecular formula is C38H62O14. The molecular weight excluding hydrogens is 680 g/mol. The summed E-state index contributed by atoms with van der Waals surface area (Å²) >= 11 is 0. The van der Waals surface area contributed by atoms with E-state index < -0.39 is 73.8 Å². The van der Waals surface area contributed by atoms with Crippen molar-refractivity contribution in [2.75, 3.05) is 19.8 Å². The fourth-order valence-electron chi connectivity index (χ4n) is 12.3. The number of aliphatic hydroxyl groups excluding tert-OH is 8. The number of rotatable bonds is 9. The molecule has 0 bridgehead atoms. The lowest BCUT2D eigenvalue weighted by molar-refractivity contribution is -0.312. The van der Waals surface area contributed by atoms with Crippen LogP contribution in [0.15, 0.2) is 12.2 Å². The Kier molecular flexibility index (Phi) is 11.1. The van der Waals surface area contributed by atoms with Crippen LogP contribution in [0, 0.1) is 46.3 Å². The van der Waals surface area contributed by atoms with Gasteiger partial charge < -0.3 is 69.6 Å². The largest absolute Gasteiger partial charge is 0.394 e. The van der Waals surface area contributed by atoms with E-state index in [9.17, 15) is 46.0 Å². The van der Waals surface area contributed by atoms with Crippen LogP contribution in [0.2, 0.25) is 0 Å². The molecule has 7 fully saturated rings. The first-order valence-electron chi connectivity index (χ1n) is 19.5. The molecule has 0 aromatic rings. The van der Waals surface area contributed by atoms with Crippen molar-refractivity contribution in [1.82, 2.24) is 0 Å². The highest BCUT2D eigenvalue weighted by Gasteiger charge is 2.69. The summed E-state index contributed by atoms with van der Waals surface area (Å²) < 4.78 is 29.9. The lowest BCUT2D eigenvalue weighted by atomic mass is 9.43. The van der Waals surface area contributed by atoms with E-state index in [-0.39, 0.29) is 54.0 Å². The van der Waals surface area contributed by atoms with Crippen molar-refractivity contribution < 1.29 is 69.6 Å². The molecule has 14 heteroatoms. The number of fused-ring (bicyclic) bond motifs is 7. The molecule has 21 unspecified atom stereocenters. The van der Waals surface area contributed by atoms with Crippen LogP contribution in [-0.4, -0.2) is 145 Å². The zero-order valence-electron chi connectivity index (χ0n) is 30.7. The normalized spacial score (nSPS) is 56.0. The van der Waals surface area contributed by atoms with Gasteiger partial charge in [0, 0.05) is 18.8 Å². The second kappa shape index (κ2) is 14.6. The third-order valence-electron chi connectivity index (χ3n) is 15.3. The summed E-state index contributed by atoms with van der Waals surface area (Å²) in [6.07, 6.45) is -6.26. The summed E-state index contributed by atoms with van der Waals surface area (Å²) in [4.78, 5) is 0. The minimum Gasteiger partial charge on any atom is -0.394 e. The lowest BCUT2D eigenvalue weighted by Gasteiger charge is -2.63. The zero-order chi connectivity index (χ0) is 37.5. The van der Waals surface area contributed by atoms with Crippen molar-refractivity contribution >= 4 is 0 Å². The van der Waals surface area contributed by atoms with E-state index in [1.54, 1.807) is 0 Å². The highest BCUT2D eigenvalue weighted by atomic mass is 16.7. The first kappa shape index (κ1) is 39.4. The van der Waals surface area contributed by atoms with Gasteiger partial charge in [-0.25, -0.2) is 0 Å². The lowest BCUT2D eigenvalue weighted by Crippen LogP contribution is -2.62. The van der Waals surface area contributed by atoms with Gasteiger partial charge in [0.15, 0.2) is 18.4 Å². The molecule has 3 saturated heterocycles. The fourth-order valence-corrected chi connectivity index (χ4v) is 12.3. The van der Waals surface area contributed by atoms with Crippen LogP contribution in [0.1, 0.15) is 78.6 Å². The van der Waals surface area contributed by atoms with Crippen molar-refractivity contribution in [1.29, 1.82) is 0 Å². The molecule has 9 N–H and O–H groups in total. The van der Waals surface area contributed by atoms with Crippen LogP contribution in [0.25, 0.3) is 0 Å². The third kappa shape index (κ3) is 6.44. The summed E-state index contributed by atoms with van der Waals surface area (Å²) in [5, 5.41) is 93.8. The van der Waals surface area contributed by atoms with Crippen molar-refractivity contribution in [2.24, 2.45) is 46.3 Å². The number of ether oxygens (including phenoxy) is 5. The molecule has 7 rings (SSSR count). The van der Waals surface area contributed by atoms with Crippen molar-refractivity contribution in [2.45, 2.75) is 158 Å². The van der Waals surface area contributed by atoms with E-state index in [0.29, 0.717) is 49.0 Å². The minimum atomic E-state index is -1.53. The van der Waals surface area contributed by atoms with Gasteiger partial charge in [0.2, 0.25) is 0 Å². The molecule has 0 amide bonds. The molecule has 3 aliphatic heterocycles. The van der Waals surface area contributed by atoms with Crippen molar-refractivity contribution in [3.8, 4) is 0 Å². The van der Waals surface area contributed by atoms with E-state index in [1.165, 1.54) is 0 Å². The Balaban J connectivity index is 0.994. The fraction of sp³-hybridized carbons (Fsp3) is 0.947. The average Bonchev–Trinajstić information content (AvgIpc) is 3.55. The minimum absolute atomic E-state index is 0.0151. The van der Waals surface area contributed by atoms with Gasteiger partial charge >= 0.3 is 0 Å². The van der Waals surface area contributed by atoms with Gasteiger partial charge in [-0.1, -0.05) is 32.9 Å².